The fraction of sp³-hybridized carbons (Fsp3) is 0.682. The van der Waals surface area contributed by atoms with E-state index in [2.05, 4.69) is 13.0 Å². The molecule has 0 rings (SSSR count). The van der Waals surface area contributed by atoms with Gasteiger partial charge in [-0.3, -0.25) is 0 Å². The molecule has 0 atom stereocenters. The highest BCUT2D eigenvalue weighted by atomic mass is 16.4. The van der Waals surface area contributed by atoms with Crippen molar-refractivity contribution in [3.8, 4) is 0 Å². The third kappa shape index (κ3) is 20.7. The first-order valence-electron chi connectivity index (χ1n) is 9.98. The van der Waals surface area contributed by atoms with Crippen molar-refractivity contribution >= 4 is 5.97 Å². The van der Waals surface area contributed by atoms with Crippen LogP contribution in [0.3, 0.4) is 0 Å². The first-order valence-corrected chi connectivity index (χ1v) is 9.98. The number of aliphatic carboxylic acids is 1. The van der Waals surface area contributed by atoms with Crippen LogP contribution in [0, 0.1) is 0 Å². The Morgan fingerprint density at radius 3 is 1.62 bits per heavy atom. The van der Waals surface area contributed by atoms with Crippen LogP contribution in [0.25, 0.3) is 0 Å². The fourth-order valence-electron chi connectivity index (χ4n) is 2.72. The van der Waals surface area contributed by atoms with Crippen molar-refractivity contribution in [2.45, 2.75) is 96.8 Å². The first-order chi connectivity index (χ1) is 11.8. The maximum absolute atomic E-state index is 10.1. The number of unbranched alkanes of at least 4 members (excludes halogenated alkanes) is 13. The minimum absolute atomic E-state index is 1.02. The number of carboxylic acid groups (broad SMARTS) is 1. The Morgan fingerprint density at radius 2 is 1.12 bits per heavy atom. The molecule has 0 aliphatic carbocycles. The van der Waals surface area contributed by atoms with Crippen LogP contribution in [0.15, 0.2) is 36.5 Å². The second-order valence-corrected chi connectivity index (χ2v) is 6.52. The highest BCUT2D eigenvalue weighted by Crippen LogP contribution is 2.12. The molecule has 0 unspecified atom stereocenters. The van der Waals surface area contributed by atoms with Crippen molar-refractivity contribution in [1.82, 2.24) is 0 Å². The molecule has 0 aliphatic rings. The second-order valence-electron chi connectivity index (χ2n) is 6.52. The van der Waals surface area contributed by atoms with Crippen LogP contribution in [0.1, 0.15) is 96.8 Å². The van der Waals surface area contributed by atoms with E-state index in [9.17, 15) is 9.90 Å². The molecule has 0 amide bonds. The minimum atomic E-state index is -1.16. The summed E-state index contributed by atoms with van der Waals surface area (Å²) >= 11 is 0. The lowest BCUT2D eigenvalue weighted by Crippen LogP contribution is -2.18. The van der Waals surface area contributed by atoms with E-state index in [0.717, 1.165) is 12.5 Å². The zero-order valence-corrected chi connectivity index (χ0v) is 15.7. The molecule has 0 aromatic carbocycles. The topological polar surface area (TPSA) is 40.1 Å². The van der Waals surface area contributed by atoms with Crippen LogP contribution < -0.4 is 5.11 Å². The summed E-state index contributed by atoms with van der Waals surface area (Å²) < 4.78 is 0. The smallest absolute Gasteiger partial charge is 0.0642 e. The summed E-state index contributed by atoms with van der Waals surface area (Å²) in [6, 6.07) is 0. The van der Waals surface area contributed by atoms with E-state index in [4.69, 9.17) is 0 Å². The molecule has 2 heteroatoms. The van der Waals surface area contributed by atoms with Gasteiger partial charge in [0.15, 0.2) is 0 Å². The van der Waals surface area contributed by atoms with Crippen LogP contribution >= 0.6 is 0 Å². The van der Waals surface area contributed by atoms with E-state index in [-0.39, 0.29) is 0 Å². The van der Waals surface area contributed by atoms with Crippen molar-refractivity contribution in [2.24, 2.45) is 0 Å². The zero-order valence-electron chi connectivity index (χ0n) is 15.7. The van der Waals surface area contributed by atoms with Gasteiger partial charge in [0.05, 0.1) is 5.97 Å². The van der Waals surface area contributed by atoms with E-state index in [1.165, 1.54) is 89.5 Å². The highest BCUT2D eigenvalue weighted by Gasteiger charge is 1.93. The van der Waals surface area contributed by atoms with E-state index < -0.39 is 5.97 Å². The number of carbonyl (C=O) groups excluding carboxylic acids is 1. The SMILES string of the molecule is CCCCCCCCCCCCCCC/C=C/C=C/C=C/C(=O)[O-]. The Kier molecular flexibility index (Phi) is 18.7. The lowest BCUT2D eigenvalue weighted by Gasteiger charge is -2.02. The van der Waals surface area contributed by atoms with E-state index in [1.807, 2.05) is 12.2 Å². The Hall–Kier alpha value is -1.31. The largest absolute Gasteiger partial charge is 0.545 e. The number of hydrogen-bond acceptors (Lipinski definition) is 2. The molecule has 138 valence electrons. The van der Waals surface area contributed by atoms with Gasteiger partial charge in [0.1, 0.15) is 0 Å². The van der Waals surface area contributed by atoms with E-state index >= 15 is 0 Å². The molecule has 0 aliphatic heterocycles. The predicted molar refractivity (Wildman–Crippen MR) is 103 cm³/mol. The van der Waals surface area contributed by atoms with Crippen LogP contribution in [0.4, 0.5) is 0 Å². The van der Waals surface area contributed by atoms with Gasteiger partial charge in [-0.15, -0.1) is 0 Å². The monoisotopic (exact) mass is 333 g/mol. The van der Waals surface area contributed by atoms with Crippen LogP contribution in [-0.4, -0.2) is 5.97 Å². The molecule has 0 heterocycles. The minimum Gasteiger partial charge on any atom is -0.545 e. The summed E-state index contributed by atoms with van der Waals surface area (Å²) in [5.41, 5.74) is 0. The summed E-state index contributed by atoms with van der Waals surface area (Å²) in [6.07, 6.45) is 29.3. The summed E-state index contributed by atoms with van der Waals surface area (Å²) in [4.78, 5) is 10.1. The Labute approximate surface area is 149 Å². The van der Waals surface area contributed by atoms with Crippen molar-refractivity contribution < 1.29 is 9.90 Å². The third-order valence-electron chi connectivity index (χ3n) is 4.18. The van der Waals surface area contributed by atoms with Gasteiger partial charge in [-0.2, -0.15) is 0 Å². The maximum Gasteiger partial charge on any atom is 0.0642 e. The maximum atomic E-state index is 10.1. The van der Waals surface area contributed by atoms with Gasteiger partial charge in [-0.25, -0.2) is 0 Å². The molecule has 0 radical (unpaired) electrons. The van der Waals surface area contributed by atoms with Crippen molar-refractivity contribution in [3.05, 3.63) is 36.5 Å². The van der Waals surface area contributed by atoms with Crippen molar-refractivity contribution in [2.75, 3.05) is 0 Å². The molecule has 0 aromatic heterocycles. The molecular weight excluding hydrogens is 296 g/mol. The van der Waals surface area contributed by atoms with Gasteiger partial charge in [0, 0.05) is 0 Å². The van der Waals surface area contributed by atoms with Gasteiger partial charge >= 0.3 is 0 Å². The van der Waals surface area contributed by atoms with Crippen LogP contribution in [-0.2, 0) is 4.79 Å². The second kappa shape index (κ2) is 19.7. The summed E-state index contributed by atoms with van der Waals surface area (Å²) in [5.74, 6) is -1.16. The van der Waals surface area contributed by atoms with Gasteiger partial charge in [0.25, 0.3) is 0 Å². The molecule has 0 bridgehead atoms. The molecule has 24 heavy (non-hydrogen) atoms. The van der Waals surface area contributed by atoms with Crippen molar-refractivity contribution in [3.63, 3.8) is 0 Å². The standard InChI is InChI=1S/C22H38O2/c1-2-3-4-5-6-7-8-9-10-11-12-13-14-15-16-17-18-19-20-21-22(23)24/h16-21H,2-15H2,1H3,(H,23,24)/p-1/b17-16+,19-18+,21-20+. The van der Waals surface area contributed by atoms with Gasteiger partial charge in [-0.1, -0.05) is 114 Å². The quantitative estimate of drug-likeness (QED) is 0.189. The highest BCUT2D eigenvalue weighted by molar-refractivity contribution is 5.77. The van der Waals surface area contributed by atoms with Crippen LogP contribution in [0.2, 0.25) is 0 Å². The lowest BCUT2D eigenvalue weighted by molar-refractivity contribution is -0.297. The number of allylic oxidation sites excluding steroid dienone is 5. The summed E-state index contributed by atoms with van der Waals surface area (Å²) in [5, 5.41) is 10.1. The molecule has 0 aromatic rings. The Balaban J connectivity index is 3.18. The zero-order chi connectivity index (χ0) is 17.7. The normalized spacial score (nSPS) is 12.0. The van der Waals surface area contributed by atoms with Gasteiger partial charge < -0.3 is 9.90 Å². The number of carboxylic acids is 1. The fourth-order valence-corrected chi connectivity index (χ4v) is 2.72. The number of rotatable bonds is 17. The molecule has 0 fully saturated rings. The van der Waals surface area contributed by atoms with Gasteiger partial charge in [0.2, 0.25) is 0 Å². The van der Waals surface area contributed by atoms with E-state index in [1.54, 1.807) is 6.08 Å². The van der Waals surface area contributed by atoms with Crippen molar-refractivity contribution in [1.29, 1.82) is 0 Å². The third-order valence-corrected chi connectivity index (χ3v) is 4.18. The Morgan fingerprint density at radius 1 is 0.667 bits per heavy atom. The molecule has 0 saturated carbocycles. The summed E-state index contributed by atoms with van der Waals surface area (Å²) in [7, 11) is 0. The molecular formula is C22H37O2-. The first kappa shape index (κ1) is 22.7. The van der Waals surface area contributed by atoms with E-state index in [0.29, 0.717) is 0 Å². The molecule has 0 N–H and O–H groups in total. The summed E-state index contributed by atoms with van der Waals surface area (Å²) in [6.45, 7) is 2.27. The van der Waals surface area contributed by atoms with Gasteiger partial charge in [-0.05, 0) is 18.9 Å². The number of carbonyl (C=O) groups is 1. The average molecular weight is 334 g/mol. The molecule has 2 nitrogen and oxygen atoms in total. The molecule has 0 spiro atoms. The van der Waals surface area contributed by atoms with Crippen LogP contribution in [0.5, 0.6) is 0 Å². The number of hydrogen-bond donors (Lipinski definition) is 0. The predicted octanol–water partition coefficient (Wildman–Crippen LogP) is 5.89. The molecule has 0 saturated heterocycles. The lowest BCUT2D eigenvalue weighted by atomic mass is 10.0. The average Bonchev–Trinajstić information content (AvgIpc) is 2.56. The Bertz CT molecular complexity index is 353.